The van der Waals surface area contributed by atoms with Gasteiger partial charge in [0.1, 0.15) is 0 Å². The van der Waals surface area contributed by atoms with Crippen molar-refractivity contribution in [2.75, 3.05) is 5.73 Å². The van der Waals surface area contributed by atoms with E-state index in [1.807, 2.05) is 0 Å². The summed E-state index contributed by atoms with van der Waals surface area (Å²) in [6.07, 6.45) is 0.179. The van der Waals surface area contributed by atoms with Gasteiger partial charge in [0.25, 0.3) is 5.91 Å². The van der Waals surface area contributed by atoms with Crippen molar-refractivity contribution in [1.82, 2.24) is 15.5 Å². The van der Waals surface area contributed by atoms with Gasteiger partial charge < -0.3 is 20.7 Å². The third-order valence-electron chi connectivity index (χ3n) is 3.25. The summed E-state index contributed by atoms with van der Waals surface area (Å²) in [5, 5.41) is 30.9. The fourth-order valence-electron chi connectivity index (χ4n) is 2.23. The molecule has 0 spiro atoms. The van der Waals surface area contributed by atoms with Gasteiger partial charge in [-0.3, -0.25) is 14.9 Å². The minimum Gasteiger partial charge on any atom is -0.530 e. The predicted octanol–water partition coefficient (Wildman–Crippen LogP) is -0.218. The molecule has 0 bridgehead atoms. The molecule has 118 valence electrons. The standard InChI is InChI=1S/C11H10BN5O5S/c13-11-16-15-10(23-11)9(18)14-7-4-5-2-1-3-6(17(20)21)8(5)22-12(7)19/h1-3,7,19H,4H2,(H2,13,16)(H,14,18). The zero-order valence-electron chi connectivity index (χ0n) is 11.5. The molecule has 0 saturated heterocycles. The van der Waals surface area contributed by atoms with E-state index in [9.17, 15) is 19.9 Å². The van der Waals surface area contributed by atoms with Crippen molar-refractivity contribution >= 4 is 35.2 Å². The number of carbonyl (C=O) groups excluding carboxylic acids is 1. The first-order chi connectivity index (χ1) is 11.0. The first-order valence-electron chi connectivity index (χ1n) is 6.46. The Morgan fingerprint density at radius 2 is 2.35 bits per heavy atom. The Labute approximate surface area is 133 Å². The van der Waals surface area contributed by atoms with Gasteiger partial charge in [-0.2, -0.15) is 0 Å². The molecule has 1 unspecified atom stereocenters. The van der Waals surface area contributed by atoms with Gasteiger partial charge in [-0.15, -0.1) is 10.2 Å². The molecule has 12 heteroatoms. The molecule has 1 atom stereocenters. The average Bonchev–Trinajstić information content (AvgIpc) is 2.94. The van der Waals surface area contributed by atoms with Gasteiger partial charge in [-0.25, -0.2) is 0 Å². The molecule has 1 amide bonds. The van der Waals surface area contributed by atoms with Crippen LogP contribution >= 0.6 is 11.3 Å². The molecule has 10 nitrogen and oxygen atoms in total. The van der Waals surface area contributed by atoms with Crippen molar-refractivity contribution in [2.45, 2.75) is 12.4 Å². The third-order valence-corrected chi connectivity index (χ3v) is 4.00. The Kier molecular flexibility index (Phi) is 3.84. The molecule has 1 aromatic carbocycles. The molecule has 1 aromatic heterocycles. The maximum atomic E-state index is 12.0. The van der Waals surface area contributed by atoms with Gasteiger partial charge in [0.2, 0.25) is 10.1 Å². The number of nitro benzene ring substituents is 1. The molecule has 1 aliphatic rings. The first-order valence-corrected chi connectivity index (χ1v) is 7.28. The highest BCUT2D eigenvalue weighted by Gasteiger charge is 2.39. The summed E-state index contributed by atoms with van der Waals surface area (Å²) in [5.41, 5.74) is 5.70. The number of aromatic nitrogens is 2. The summed E-state index contributed by atoms with van der Waals surface area (Å²) >= 11 is 0.909. The second-order valence-corrected chi connectivity index (χ2v) is 5.77. The number of anilines is 1. The number of nitro groups is 1. The number of nitrogens with two attached hydrogens (primary N) is 1. The van der Waals surface area contributed by atoms with Gasteiger partial charge in [0.15, 0.2) is 5.75 Å². The summed E-state index contributed by atoms with van der Waals surface area (Å²) in [5.74, 6) is -1.32. The largest absolute Gasteiger partial charge is 0.547 e. The molecular formula is C11H10BN5O5S. The number of nitrogens with zero attached hydrogens (tertiary/aromatic N) is 3. The molecule has 23 heavy (non-hydrogen) atoms. The lowest BCUT2D eigenvalue weighted by Gasteiger charge is -2.27. The van der Waals surface area contributed by atoms with Crippen LogP contribution in [0.1, 0.15) is 15.4 Å². The van der Waals surface area contributed by atoms with Gasteiger partial charge in [0, 0.05) is 11.6 Å². The minimum absolute atomic E-state index is 0.00987. The fourth-order valence-corrected chi connectivity index (χ4v) is 2.74. The van der Waals surface area contributed by atoms with Crippen molar-refractivity contribution in [1.29, 1.82) is 0 Å². The molecule has 0 aliphatic carbocycles. The number of nitrogen functional groups attached to an aromatic ring is 1. The van der Waals surface area contributed by atoms with Crippen molar-refractivity contribution in [2.24, 2.45) is 0 Å². The number of hydrogen-bond acceptors (Lipinski definition) is 9. The molecule has 2 aromatic rings. The molecule has 0 radical (unpaired) electrons. The molecule has 0 saturated carbocycles. The van der Waals surface area contributed by atoms with E-state index in [0.29, 0.717) is 5.56 Å². The van der Waals surface area contributed by atoms with Gasteiger partial charge >= 0.3 is 12.8 Å². The van der Waals surface area contributed by atoms with Crippen molar-refractivity contribution in [3.8, 4) is 5.75 Å². The van der Waals surface area contributed by atoms with Gasteiger partial charge in [-0.05, 0) is 6.42 Å². The predicted molar refractivity (Wildman–Crippen MR) is 81.0 cm³/mol. The van der Waals surface area contributed by atoms with E-state index in [0.717, 1.165) is 11.3 Å². The highest BCUT2D eigenvalue weighted by molar-refractivity contribution is 7.16. The highest BCUT2D eigenvalue weighted by Crippen LogP contribution is 2.35. The number of carbonyl (C=O) groups is 1. The van der Waals surface area contributed by atoms with Crippen LogP contribution in [0.3, 0.4) is 0 Å². The van der Waals surface area contributed by atoms with E-state index >= 15 is 0 Å². The maximum Gasteiger partial charge on any atom is 0.547 e. The lowest BCUT2D eigenvalue weighted by molar-refractivity contribution is -0.385. The maximum absolute atomic E-state index is 12.0. The summed E-state index contributed by atoms with van der Waals surface area (Å²) < 4.78 is 5.22. The zero-order valence-corrected chi connectivity index (χ0v) is 12.3. The Hall–Kier alpha value is -2.73. The summed E-state index contributed by atoms with van der Waals surface area (Å²) in [7, 11) is -1.42. The smallest absolute Gasteiger partial charge is 0.530 e. The first kappa shape index (κ1) is 15.2. The van der Waals surface area contributed by atoms with E-state index in [1.165, 1.54) is 12.1 Å². The Balaban J connectivity index is 1.80. The number of benzene rings is 1. The number of rotatable bonds is 3. The van der Waals surface area contributed by atoms with Crippen LogP contribution in [0.4, 0.5) is 10.8 Å². The summed E-state index contributed by atoms with van der Waals surface area (Å²) in [4.78, 5) is 22.4. The van der Waals surface area contributed by atoms with Crippen LogP contribution in [0.15, 0.2) is 18.2 Å². The van der Waals surface area contributed by atoms with E-state index in [4.69, 9.17) is 10.4 Å². The van der Waals surface area contributed by atoms with Crippen LogP contribution in [-0.2, 0) is 6.42 Å². The quantitative estimate of drug-likeness (QED) is 0.395. The van der Waals surface area contributed by atoms with E-state index < -0.39 is 23.9 Å². The zero-order chi connectivity index (χ0) is 16.6. The summed E-state index contributed by atoms with van der Waals surface area (Å²) in [6.45, 7) is 0. The van der Waals surface area contributed by atoms with Crippen molar-refractivity contribution in [3.63, 3.8) is 0 Å². The molecule has 3 rings (SSSR count). The van der Waals surface area contributed by atoms with E-state index in [1.54, 1.807) is 6.07 Å². The number of para-hydroxylation sites is 1. The van der Waals surface area contributed by atoms with Gasteiger partial charge in [0.05, 0.1) is 10.9 Å². The number of amides is 1. The lowest BCUT2D eigenvalue weighted by atomic mass is 9.72. The van der Waals surface area contributed by atoms with Crippen LogP contribution in [0.2, 0.25) is 0 Å². The lowest BCUT2D eigenvalue weighted by Crippen LogP contribution is -2.53. The molecular weight excluding hydrogens is 325 g/mol. The van der Waals surface area contributed by atoms with Crippen LogP contribution in [-0.4, -0.2) is 39.1 Å². The normalized spacial score (nSPS) is 16.4. The van der Waals surface area contributed by atoms with Crippen molar-refractivity contribution < 1.29 is 19.4 Å². The van der Waals surface area contributed by atoms with Crippen molar-refractivity contribution in [3.05, 3.63) is 38.9 Å². The number of hydrogen-bond donors (Lipinski definition) is 3. The number of fused-ring (bicyclic) bond motifs is 1. The van der Waals surface area contributed by atoms with Crippen LogP contribution in [0.25, 0.3) is 0 Å². The second-order valence-electron chi connectivity index (χ2n) is 4.76. The topological polar surface area (TPSA) is 154 Å². The van der Waals surface area contributed by atoms with E-state index in [-0.39, 0.29) is 28.0 Å². The van der Waals surface area contributed by atoms with Crippen LogP contribution in [0.5, 0.6) is 5.75 Å². The van der Waals surface area contributed by atoms with Crippen LogP contribution in [0, 0.1) is 10.1 Å². The SMILES string of the molecule is Nc1nnc(C(=O)NC2Cc3cccc([N+](=O)[O-])c3OB2O)s1. The second kappa shape index (κ2) is 5.81. The molecule has 2 heterocycles. The van der Waals surface area contributed by atoms with Crippen LogP contribution < -0.4 is 15.7 Å². The number of nitrogens with one attached hydrogen (secondary N) is 1. The Morgan fingerprint density at radius 3 is 3.00 bits per heavy atom. The average molecular weight is 335 g/mol. The molecule has 4 N–H and O–H groups in total. The molecule has 0 fully saturated rings. The minimum atomic E-state index is -1.42. The summed E-state index contributed by atoms with van der Waals surface area (Å²) in [6, 6.07) is 4.44. The Bertz CT molecular complexity index is 784. The highest BCUT2D eigenvalue weighted by atomic mass is 32.1. The third kappa shape index (κ3) is 2.93. The Morgan fingerprint density at radius 1 is 1.57 bits per heavy atom. The molecule has 1 aliphatic heterocycles. The fraction of sp³-hybridized carbons (Fsp3) is 0.182. The van der Waals surface area contributed by atoms with E-state index in [2.05, 4.69) is 15.5 Å². The monoisotopic (exact) mass is 335 g/mol. The van der Waals surface area contributed by atoms with Gasteiger partial charge in [-0.1, -0.05) is 23.5 Å².